The minimum atomic E-state index is -3.43. The first-order valence-electron chi connectivity index (χ1n) is 4.79. The Labute approximate surface area is 110 Å². The molecule has 1 aromatic heterocycles. The lowest BCUT2D eigenvalue weighted by molar-refractivity contribution is 0.546. The van der Waals surface area contributed by atoms with E-state index in [1.54, 1.807) is 6.07 Å². The van der Waals surface area contributed by atoms with E-state index in [0.717, 1.165) is 24.2 Å². The number of rotatable bonds is 6. The van der Waals surface area contributed by atoms with Gasteiger partial charge in [0.25, 0.3) is 0 Å². The highest BCUT2D eigenvalue weighted by molar-refractivity contribution is 7.91. The van der Waals surface area contributed by atoms with Crippen molar-refractivity contribution in [3.05, 3.63) is 16.5 Å². The summed E-state index contributed by atoms with van der Waals surface area (Å²) in [6.07, 6.45) is 1.51. The highest BCUT2D eigenvalue weighted by Crippen LogP contribution is 2.25. The summed E-state index contributed by atoms with van der Waals surface area (Å²) in [5.74, 6) is 0.539. The number of thiophene rings is 1. The van der Waals surface area contributed by atoms with Crippen LogP contribution in [0.15, 0.2) is 16.3 Å². The number of sulfonamides is 1. The van der Waals surface area contributed by atoms with Crippen LogP contribution in [0, 0.1) is 0 Å². The zero-order chi connectivity index (χ0) is 12.2. The Morgan fingerprint density at radius 3 is 2.69 bits per heavy atom. The maximum Gasteiger partial charge on any atom is 0.250 e. The van der Waals surface area contributed by atoms with Crippen molar-refractivity contribution in [2.24, 2.45) is 0 Å². The summed E-state index contributed by atoms with van der Waals surface area (Å²) in [5.41, 5.74) is 0. The van der Waals surface area contributed by atoms with Crippen LogP contribution in [0.5, 0.6) is 0 Å². The van der Waals surface area contributed by atoms with Gasteiger partial charge in [-0.25, -0.2) is 13.1 Å². The molecule has 0 aliphatic heterocycles. The molecule has 0 saturated carbocycles. The molecule has 16 heavy (non-hydrogen) atoms. The van der Waals surface area contributed by atoms with Crippen molar-refractivity contribution < 1.29 is 8.42 Å². The molecule has 92 valence electrons. The predicted octanol–water partition coefficient (Wildman–Crippen LogP) is 3.09. The Kier molecular flexibility index (Phi) is 5.53. The minimum Gasteiger partial charge on any atom is -0.208 e. The molecule has 1 atom stereocenters. The number of hydrogen-bond donors (Lipinski definition) is 1. The van der Waals surface area contributed by atoms with Crippen LogP contribution in [0.4, 0.5) is 0 Å². The number of nitrogens with one attached hydrogen (secondary N) is 1. The normalized spacial score (nSPS) is 13.9. The average molecular weight is 302 g/mol. The Morgan fingerprint density at radius 2 is 2.19 bits per heavy atom. The van der Waals surface area contributed by atoms with Crippen LogP contribution in [0.2, 0.25) is 4.34 Å². The zero-order valence-electron chi connectivity index (χ0n) is 8.74. The van der Waals surface area contributed by atoms with Gasteiger partial charge in [0.2, 0.25) is 10.0 Å². The summed E-state index contributed by atoms with van der Waals surface area (Å²) in [5, 5.41) is 0. The van der Waals surface area contributed by atoms with Gasteiger partial charge in [0, 0.05) is 11.9 Å². The average Bonchev–Trinajstić information content (AvgIpc) is 2.62. The first kappa shape index (κ1) is 14.3. The van der Waals surface area contributed by atoms with E-state index in [0.29, 0.717) is 10.2 Å². The van der Waals surface area contributed by atoms with E-state index in [4.69, 9.17) is 23.2 Å². The maximum absolute atomic E-state index is 11.8. The SMILES string of the molecule is CC(CCCCl)NS(=O)(=O)c1ccc(Cl)s1. The van der Waals surface area contributed by atoms with Gasteiger partial charge in [0.05, 0.1) is 4.34 Å². The second-order valence-electron chi connectivity index (χ2n) is 3.41. The van der Waals surface area contributed by atoms with Crippen molar-refractivity contribution in [3.8, 4) is 0 Å². The van der Waals surface area contributed by atoms with Crippen molar-refractivity contribution >= 4 is 44.6 Å². The van der Waals surface area contributed by atoms with E-state index in [1.165, 1.54) is 6.07 Å². The van der Waals surface area contributed by atoms with Crippen LogP contribution in [-0.2, 0) is 10.0 Å². The molecule has 0 aliphatic rings. The maximum atomic E-state index is 11.8. The standard InChI is InChI=1S/C9H13Cl2NO2S2/c1-7(3-2-6-10)12-16(13,14)9-5-4-8(11)15-9/h4-5,7,12H,2-3,6H2,1H3. The molecule has 0 saturated heterocycles. The van der Waals surface area contributed by atoms with E-state index in [1.807, 2.05) is 6.92 Å². The predicted molar refractivity (Wildman–Crippen MR) is 69.1 cm³/mol. The van der Waals surface area contributed by atoms with Crippen LogP contribution >= 0.6 is 34.5 Å². The van der Waals surface area contributed by atoms with Gasteiger partial charge in [-0.2, -0.15) is 0 Å². The number of halogens is 2. The van der Waals surface area contributed by atoms with Gasteiger partial charge in [-0.3, -0.25) is 0 Å². The topological polar surface area (TPSA) is 46.2 Å². The van der Waals surface area contributed by atoms with Gasteiger partial charge in [0.15, 0.2) is 0 Å². The van der Waals surface area contributed by atoms with E-state index < -0.39 is 10.0 Å². The molecular formula is C9H13Cl2NO2S2. The first-order valence-corrected chi connectivity index (χ1v) is 8.00. The summed E-state index contributed by atoms with van der Waals surface area (Å²) >= 11 is 12.3. The van der Waals surface area contributed by atoms with E-state index in [9.17, 15) is 8.42 Å². The third kappa shape index (κ3) is 4.22. The summed E-state index contributed by atoms with van der Waals surface area (Å²) < 4.78 is 27.0. The van der Waals surface area contributed by atoms with Gasteiger partial charge < -0.3 is 0 Å². The fourth-order valence-electron chi connectivity index (χ4n) is 1.21. The second kappa shape index (κ2) is 6.21. The van der Waals surface area contributed by atoms with Gasteiger partial charge in [-0.05, 0) is 31.9 Å². The van der Waals surface area contributed by atoms with Gasteiger partial charge in [-0.1, -0.05) is 11.6 Å². The van der Waals surface area contributed by atoms with Crippen LogP contribution < -0.4 is 4.72 Å². The first-order chi connectivity index (χ1) is 7.45. The van der Waals surface area contributed by atoms with Gasteiger partial charge in [0.1, 0.15) is 4.21 Å². The highest BCUT2D eigenvalue weighted by Gasteiger charge is 2.18. The fourth-order valence-corrected chi connectivity index (χ4v) is 4.14. The van der Waals surface area contributed by atoms with Gasteiger partial charge in [-0.15, -0.1) is 22.9 Å². The Balaban J connectivity index is 2.65. The molecule has 3 nitrogen and oxygen atoms in total. The molecule has 0 aliphatic carbocycles. The Bertz CT molecular complexity index is 430. The molecule has 1 heterocycles. The highest BCUT2D eigenvalue weighted by atomic mass is 35.5. The van der Waals surface area contributed by atoms with E-state index in [2.05, 4.69) is 4.72 Å². The zero-order valence-corrected chi connectivity index (χ0v) is 11.9. The monoisotopic (exact) mass is 301 g/mol. The van der Waals surface area contributed by atoms with Crippen LogP contribution in [0.3, 0.4) is 0 Å². The quantitative estimate of drug-likeness (QED) is 0.821. The molecule has 0 amide bonds. The lowest BCUT2D eigenvalue weighted by Gasteiger charge is -2.12. The van der Waals surface area contributed by atoms with Crippen LogP contribution in [0.1, 0.15) is 19.8 Å². The van der Waals surface area contributed by atoms with Crippen molar-refractivity contribution in [2.75, 3.05) is 5.88 Å². The fraction of sp³-hybridized carbons (Fsp3) is 0.556. The van der Waals surface area contributed by atoms with Crippen LogP contribution in [-0.4, -0.2) is 20.3 Å². The summed E-state index contributed by atoms with van der Waals surface area (Å²) in [6, 6.07) is 2.96. The number of hydrogen-bond acceptors (Lipinski definition) is 3. The molecule has 1 unspecified atom stereocenters. The molecule has 1 rings (SSSR count). The number of alkyl halides is 1. The second-order valence-corrected chi connectivity index (χ2v) is 7.45. The molecule has 0 bridgehead atoms. The summed E-state index contributed by atoms with van der Waals surface area (Å²) in [7, 11) is -3.43. The largest absolute Gasteiger partial charge is 0.250 e. The van der Waals surface area contributed by atoms with Crippen molar-refractivity contribution in [2.45, 2.75) is 30.0 Å². The summed E-state index contributed by atoms with van der Waals surface area (Å²) in [6.45, 7) is 1.82. The molecule has 0 fully saturated rings. The lowest BCUT2D eigenvalue weighted by atomic mass is 10.2. The molecular weight excluding hydrogens is 289 g/mol. The third-order valence-corrected chi connectivity index (χ3v) is 5.52. The Morgan fingerprint density at radius 1 is 1.50 bits per heavy atom. The van der Waals surface area contributed by atoms with E-state index >= 15 is 0 Å². The van der Waals surface area contributed by atoms with E-state index in [-0.39, 0.29) is 10.3 Å². The molecule has 0 spiro atoms. The van der Waals surface area contributed by atoms with Crippen molar-refractivity contribution in [1.82, 2.24) is 4.72 Å². The Hall–Kier alpha value is 0.190. The smallest absolute Gasteiger partial charge is 0.208 e. The van der Waals surface area contributed by atoms with Crippen molar-refractivity contribution in [1.29, 1.82) is 0 Å². The third-order valence-electron chi connectivity index (χ3n) is 1.94. The molecule has 1 N–H and O–H groups in total. The molecule has 0 aromatic carbocycles. The minimum absolute atomic E-state index is 0.121. The van der Waals surface area contributed by atoms with Gasteiger partial charge >= 0.3 is 0 Å². The lowest BCUT2D eigenvalue weighted by Crippen LogP contribution is -2.32. The van der Waals surface area contributed by atoms with Crippen LogP contribution in [0.25, 0.3) is 0 Å². The molecule has 1 aromatic rings. The molecule has 0 radical (unpaired) electrons. The molecule has 7 heteroatoms. The van der Waals surface area contributed by atoms with Crippen molar-refractivity contribution in [3.63, 3.8) is 0 Å². The summed E-state index contributed by atoms with van der Waals surface area (Å²) in [4.78, 5) is 0.